The van der Waals surface area contributed by atoms with Gasteiger partial charge in [-0.05, 0) is 0 Å². The molecular formula is C9H21N3O3S. The molecule has 0 amide bonds. The normalized spacial score (nSPS) is 26.5. The van der Waals surface area contributed by atoms with Gasteiger partial charge in [-0.25, -0.2) is 0 Å². The van der Waals surface area contributed by atoms with Gasteiger partial charge in [0.15, 0.2) is 0 Å². The van der Waals surface area contributed by atoms with Crippen LogP contribution in [0.2, 0.25) is 0 Å². The van der Waals surface area contributed by atoms with E-state index in [0.29, 0.717) is 26.2 Å². The third kappa shape index (κ3) is 3.14. The van der Waals surface area contributed by atoms with E-state index in [4.69, 9.17) is 4.74 Å². The Morgan fingerprint density at radius 2 is 2.00 bits per heavy atom. The van der Waals surface area contributed by atoms with E-state index in [1.54, 1.807) is 7.11 Å². The van der Waals surface area contributed by atoms with Crippen molar-refractivity contribution >= 4 is 10.2 Å². The Morgan fingerprint density at radius 1 is 1.38 bits per heavy atom. The average molecular weight is 251 g/mol. The maximum atomic E-state index is 11.9. The molecule has 1 saturated heterocycles. The van der Waals surface area contributed by atoms with E-state index in [-0.39, 0.29) is 12.1 Å². The highest BCUT2D eigenvalue weighted by molar-refractivity contribution is 7.87. The van der Waals surface area contributed by atoms with Crippen molar-refractivity contribution in [3.63, 3.8) is 0 Å². The second kappa shape index (κ2) is 5.92. The average Bonchev–Trinajstić information content (AvgIpc) is 2.65. The van der Waals surface area contributed by atoms with E-state index in [1.807, 2.05) is 13.8 Å². The topological polar surface area (TPSA) is 70.7 Å². The molecule has 0 radical (unpaired) electrons. The third-order valence-electron chi connectivity index (χ3n) is 2.81. The first kappa shape index (κ1) is 13.9. The van der Waals surface area contributed by atoms with Gasteiger partial charge in [0.2, 0.25) is 0 Å². The van der Waals surface area contributed by atoms with Crippen LogP contribution < -0.4 is 10.0 Å². The van der Waals surface area contributed by atoms with Crippen molar-refractivity contribution in [2.24, 2.45) is 0 Å². The fraction of sp³-hybridized carbons (Fsp3) is 1.00. The van der Waals surface area contributed by atoms with Gasteiger partial charge in [0.05, 0.1) is 12.1 Å². The van der Waals surface area contributed by atoms with Gasteiger partial charge < -0.3 is 10.1 Å². The first-order chi connectivity index (χ1) is 7.55. The molecule has 16 heavy (non-hydrogen) atoms. The van der Waals surface area contributed by atoms with Crippen LogP contribution in [0.5, 0.6) is 0 Å². The number of rotatable bonds is 6. The van der Waals surface area contributed by atoms with Gasteiger partial charge in [0.25, 0.3) is 10.2 Å². The number of nitrogens with zero attached hydrogens (tertiary/aromatic N) is 1. The van der Waals surface area contributed by atoms with Crippen molar-refractivity contribution < 1.29 is 13.2 Å². The summed E-state index contributed by atoms with van der Waals surface area (Å²) in [4.78, 5) is 0. The fourth-order valence-corrected chi connectivity index (χ4v) is 3.30. The van der Waals surface area contributed by atoms with E-state index in [2.05, 4.69) is 10.0 Å². The van der Waals surface area contributed by atoms with E-state index < -0.39 is 10.2 Å². The highest BCUT2D eigenvalue weighted by Crippen LogP contribution is 2.07. The number of hydrogen-bond donors (Lipinski definition) is 2. The summed E-state index contributed by atoms with van der Waals surface area (Å²) in [6, 6.07) is -0.185. The SMILES string of the molecule is CCN(CC)S(=O)(=O)NC1CNC[C@@H]1OC. The Labute approximate surface area is 97.5 Å². The smallest absolute Gasteiger partial charge is 0.279 e. The van der Waals surface area contributed by atoms with Gasteiger partial charge in [0, 0.05) is 33.3 Å². The predicted molar refractivity (Wildman–Crippen MR) is 62.4 cm³/mol. The van der Waals surface area contributed by atoms with Crippen molar-refractivity contribution in [2.45, 2.75) is 26.0 Å². The van der Waals surface area contributed by atoms with E-state index in [0.717, 1.165) is 0 Å². The maximum absolute atomic E-state index is 11.9. The van der Waals surface area contributed by atoms with Gasteiger partial charge in [0.1, 0.15) is 0 Å². The Morgan fingerprint density at radius 3 is 2.50 bits per heavy atom. The van der Waals surface area contributed by atoms with Gasteiger partial charge in [-0.3, -0.25) is 0 Å². The van der Waals surface area contributed by atoms with E-state index in [9.17, 15) is 8.42 Å². The zero-order valence-corrected chi connectivity index (χ0v) is 10.9. The molecule has 6 nitrogen and oxygen atoms in total. The lowest BCUT2D eigenvalue weighted by Crippen LogP contribution is -2.49. The maximum Gasteiger partial charge on any atom is 0.279 e. The number of ether oxygens (including phenoxy) is 1. The van der Waals surface area contributed by atoms with Gasteiger partial charge in [-0.2, -0.15) is 17.4 Å². The van der Waals surface area contributed by atoms with Crippen LogP contribution in [0, 0.1) is 0 Å². The summed E-state index contributed by atoms with van der Waals surface area (Å²) in [5.74, 6) is 0. The number of nitrogens with one attached hydrogen (secondary N) is 2. The molecule has 1 unspecified atom stereocenters. The van der Waals surface area contributed by atoms with Crippen molar-refractivity contribution in [2.75, 3.05) is 33.3 Å². The largest absolute Gasteiger partial charge is 0.378 e. The van der Waals surface area contributed by atoms with Crippen molar-refractivity contribution in [1.29, 1.82) is 0 Å². The Hall–Kier alpha value is -0.210. The van der Waals surface area contributed by atoms with Crippen LogP contribution in [0.15, 0.2) is 0 Å². The molecule has 2 N–H and O–H groups in total. The molecule has 0 saturated carbocycles. The summed E-state index contributed by atoms with van der Waals surface area (Å²) in [6.45, 7) is 5.89. The third-order valence-corrected chi connectivity index (χ3v) is 4.60. The molecule has 0 aromatic rings. The molecule has 0 aromatic heterocycles. The van der Waals surface area contributed by atoms with Crippen molar-refractivity contribution in [3.8, 4) is 0 Å². The first-order valence-corrected chi connectivity index (χ1v) is 7.00. The molecule has 96 valence electrons. The zero-order valence-electron chi connectivity index (χ0n) is 10.1. The highest BCUT2D eigenvalue weighted by Gasteiger charge is 2.32. The number of hydrogen-bond acceptors (Lipinski definition) is 4. The van der Waals surface area contributed by atoms with Crippen LogP contribution in [0.4, 0.5) is 0 Å². The Kier molecular flexibility index (Phi) is 5.13. The molecule has 1 aliphatic rings. The molecule has 1 heterocycles. The lowest BCUT2D eigenvalue weighted by atomic mass is 10.2. The van der Waals surface area contributed by atoms with E-state index >= 15 is 0 Å². The minimum Gasteiger partial charge on any atom is -0.378 e. The molecular weight excluding hydrogens is 230 g/mol. The summed E-state index contributed by atoms with van der Waals surface area (Å²) in [7, 11) is -1.79. The van der Waals surface area contributed by atoms with Gasteiger partial charge >= 0.3 is 0 Å². The zero-order chi connectivity index (χ0) is 12.2. The van der Waals surface area contributed by atoms with Crippen LogP contribution in [0.3, 0.4) is 0 Å². The van der Waals surface area contributed by atoms with E-state index in [1.165, 1.54) is 4.31 Å². The summed E-state index contributed by atoms with van der Waals surface area (Å²) >= 11 is 0. The summed E-state index contributed by atoms with van der Waals surface area (Å²) < 4.78 is 33.2. The predicted octanol–water partition coefficient (Wildman–Crippen LogP) is -0.851. The minimum atomic E-state index is -3.39. The van der Waals surface area contributed by atoms with Crippen LogP contribution >= 0.6 is 0 Å². The van der Waals surface area contributed by atoms with Crippen LogP contribution in [0.25, 0.3) is 0 Å². The van der Waals surface area contributed by atoms with Crippen LogP contribution in [-0.4, -0.2) is 58.2 Å². The lowest BCUT2D eigenvalue weighted by Gasteiger charge is -2.24. The second-order valence-corrected chi connectivity index (χ2v) is 5.45. The highest BCUT2D eigenvalue weighted by atomic mass is 32.2. The number of methoxy groups -OCH3 is 1. The standard InChI is InChI=1S/C9H21N3O3S/c1-4-12(5-2)16(13,14)11-8-6-10-7-9(8)15-3/h8-11H,4-7H2,1-3H3/t8?,9-/m0/s1. The molecule has 2 atom stereocenters. The fourth-order valence-electron chi connectivity index (χ4n) is 1.85. The Balaban J connectivity index is 2.65. The molecule has 1 aliphatic heterocycles. The van der Waals surface area contributed by atoms with Crippen molar-refractivity contribution in [3.05, 3.63) is 0 Å². The Bertz CT molecular complexity index is 303. The van der Waals surface area contributed by atoms with Crippen LogP contribution in [0.1, 0.15) is 13.8 Å². The summed E-state index contributed by atoms with van der Waals surface area (Å²) in [5.41, 5.74) is 0. The lowest BCUT2D eigenvalue weighted by molar-refractivity contribution is 0.102. The molecule has 0 aromatic carbocycles. The second-order valence-electron chi connectivity index (χ2n) is 3.75. The summed E-state index contributed by atoms with van der Waals surface area (Å²) in [6.07, 6.45) is -0.0923. The minimum absolute atomic E-state index is 0.0923. The van der Waals surface area contributed by atoms with Crippen molar-refractivity contribution in [1.82, 2.24) is 14.3 Å². The summed E-state index contributed by atoms with van der Waals surface area (Å²) in [5, 5.41) is 3.10. The van der Waals surface area contributed by atoms with Crippen LogP contribution in [-0.2, 0) is 14.9 Å². The molecule has 1 fully saturated rings. The first-order valence-electron chi connectivity index (χ1n) is 5.56. The molecule has 0 spiro atoms. The molecule has 7 heteroatoms. The monoisotopic (exact) mass is 251 g/mol. The molecule has 0 aliphatic carbocycles. The molecule has 1 rings (SSSR count). The molecule has 0 bridgehead atoms. The van der Waals surface area contributed by atoms with Gasteiger partial charge in [-0.1, -0.05) is 13.8 Å². The quantitative estimate of drug-likeness (QED) is 0.645. The van der Waals surface area contributed by atoms with Gasteiger partial charge in [-0.15, -0.1) is 0 Å².